The van der Waals surface area contributed by atoms with Crippen molar-refractivity contribution in [3.8, 4) is 0 Å². The molecule has 0 saturated carbocycles. The molecule has 4 nitrogen and oxygen atoms in total. The van der Waals surface area contributed by atoms with E-state index in [2.05, 4.69) is 5.32 Å². The zero-order valence-electron chi connectivity index (χ0n) is 12.3. The van der Waals surface area contributed by atoms with Gasteiger partial charge in [-0.15, -0.1) is 0 Å². The summed E-state index contributed by atoms with van der Waals surface area (Å²) in [7, 11) is 1.38. The van der Waals surface area contributed by atoms with Gasteiger partial charge in [0.1, 0.15) is 11.2 Å². The van der Waals surface area contributed by atoms with Crippen LogP contribution in [-0.2, 0) is 4.74 Å². The van der Waals surface area contributed by atoms with Crippen LogP contribution < -0.4 is 5.32 Å². The Kier molecular flexibility index (Phi) is 3.29. The minimum atomic E-state index is -0.375. The average molecular weight is 283 g/mol. The Balaban J connectivity index is 2.29. The normalized spacial score (nSPS) is 11.2. The summed E-state index contributed by atoms with van der Waals surface area (Å²) >= 11 is 0. The van der Waals surface area contributed by atoms with Crippen molar-refractivity contribution in [1.29, 1.82) is 0 Å². The number of esters is 1. The van der Waals surface area contributed by atoms with Gasteiger partial charge in [0, 0.05) is 22.5 Å². The number of carbonyl (C=O) groups is 1. The van der Waals surface area contributed by atoms with Gasteiger partial charge >= 0.3 is 5.97 Å². The fraction of sp³-hybridized carbons (Fsp3) is 0.235. The zero-order valence-corrected chi connectivity index (χ0v) is 12.3. The van der Waals surface area contributed by atoms with Crippen LogP contribution >= 0.6 is 0 Å². The Morgan fingerprint density at radius 2 is 1.90 bits per heavy atom. The van der Waals surface area contributed by atoms with E-state index in [1.807, 2.05) is 44.2 Å². The lowest BCUT2D eigenvalue weighted by atomic mass is 10.1. The van der Waals surface area contributed by atoms with Crippen LogP contribution in [0.4, 0.5) is 5.69 Å². The molecule has 4 heteroatoms. The molecule has 108 valence electrons. The van der Waals surface area contributed by atoms with E-state index in [0.29, 0.717) is 11.1 Å². The number of hydrogen-bond donors (Lipinski definition) is 1. The first-order valence-electron chi connectivity index (χ1n) is 6.90. The number of carbonyl (C=O) groups excluding carboxylic acids is 1. The van der Waals surface area contributed by atoms with E-state index in [1.165, 1.54) is 7.11 Å². The SMILES string of the molecule is COC(=O)c1cc2oc3ccccc3c2cc1NC(C)C. The first-order valence-corrected chi connectivity index (χ1v) is 6.90. The first-order chi connectivity index (χ1) is 10.1. The van der Waals surface area contributed by atoms with Crippen LogP contribution in [0.25, 0.3) is 21.9 Å². The minimum absolute atomic E-state index is 0.212. The van der Waals surface area contributed by atoms with Crippen LogP contribution in [0.15, 0.2) is 40.8 Å². The van der Waals surface area contributed by atoms with E-state index >= 15 is 0 Å². The molecule has 1 heterocycles. The van der Waals surface area contributed by atoms with Crippen molar-refractivity contribution in [2.75, 3.05) is 12.4 Å². The molecule has 0 aliphatic carbocycles. The molecular weight excluding hydrogens is 266 g/mol. The van der Waals surface area contributed by atoms with Gasteiger partial charge in [-0.1, -0.05) is 18.2 Å². The lowest BCUT2D eigenvalue weighted by molar-refractivity contribution is 0.0602. The molecule has 0 atom stereocenters. The van der Waals surface area contributed by atoms with Crippen molar-refractivity contribution in [2.24, 2.45) is 0 Å². The van der Waals surface area contributed by atoms with Gasteiger partial charge < -0.3 is 14.5 Å². The zero-order chi connectivity index (χ0) is 15.0. The Bertz CT molecular complexity index is 817. The standard InChI is InChI=1S/C17H17NO3/c1-10(2)18-14-8-12-11-6-4-5-7-15(11)21-16(12)9-13(14)17(19)20-3/h4-10,18H,1-3H3. The third kappa shape index (κ3) is 2.33. The summed E-state index contributed by atoms with van der Waals surface area (Å²) < 4.78 is 10.7. The molecule has 0 aliphatic heterocycles. The largest absolute Gasteiger partial charge is 0.465 e. The van der Waals surface area contributed by atoms with E-state index in [1.54, 1.807) is 6.07 Å². The number of furan rings is 1. The molecule has 0 spiro atoms. The number of nitrogens with one attached hydrogen (secondary N) is 1. The maximum Gasteiger partial charge on any atom is 0.340 e. The molecule has 2 aromatic carbocycles. The number of fused-ring (bicyclic) bond motifs is 3. The number of hydrogen-bond acceptors (Lipinski definition) is 4. The summed E-state index contributed by atoms with van der Waals surface area (Å²) in [5.74, 6) is -0.375. The van der Waals surface area contributed by atoms with Gasteiger partial charge in [-0.25, -0.2) is 4.79 Å². The molecule has 3 aromatic rings. The van der Waals surface area contributed by atoms with E-state index in [-0.39, 0.29) is 12.0 Å². The Morgan fingerprint density at radius 3 is 2.62 bits per heavy atom. The van der Waals surface area contributed by atoms with Crippen LogP contribution in [0.2, 0.25) is 0 Å². The number of para-hydroxylation sites is 1. The van der Waals surface area contributed by atoms with Crippen molar-refractivity contribution < 1.29 is 13.9 Å². The predicted molar refractivity (Wildman–Crippen MR) is 83.8 cm³/mol. The molecular formula is C17H17NO3. The van der Waals surface area contributed by atoms with Crippen molar-refractivity contribution in [3.05, 3.63) is 42.0 Å². The second kappa shape index (κ2) is 5.13. The lowest BCUT2D eigenvalue weighted by Gasteiger charge is -2.13. The molecule has 0 bridgehead atoms. The number of ether oxygens (including phenoxy) is 1. The molecule has 0 saturated heterocycles. The molecule has 1 aromatic heterocycles. The Hall–Kier alpha value is -2.49. The molecule has 0 aliphatic rings. The van der Waals surface area contributed by atoms with Crippen LogP contribution in [0, 0.1) is 0 Å². The number of methoxy groups -OCH3 is 1. The quantitative estimate of drug-likeness (QED) is 0.732. The predicted octanol–water partition coefficient (Wildman–Crippen LogP) is 4.19. The minimum Gasteiger partial charge on any atom is -0.465 e. The highest BCUT2D eigenvalue weighted by Crippen LogP contribution is 2.33. The Labute approximate surface area is 122 Å². The van der Waals surface area contributed by atoms with Crippen LogP contribution in [0.3, 0.4) is 0 Å². The van der Waals surface area contributed by atoms with E-state index in [9.17, 15) is 4.79 Å². The number of anilines is 1. The maximum atomic E-state index is 12.0. The van der Waals surface area contributed by atoms with Gasteiger partial charge in [-0.05, 0) is 32.0 Å². The summed E-state index contributed by atoms with van der Waals surface area (Å²) in [5, 5.41) is 5.32. The van der Waals surface area contributed by atoms with Crippen molar-refractivity contribution in [1.82, 2.24) is 0 Å². The van der Waals surface area contributed by atoms with Crippen LogP contribution in [0.5, 0.6) is 0 Å². The summed E-state index contributed by atoms with van der Waals surface area (Å²) in [6, 6.07) is 11.7. The van der Waals surface area contributed by atoms with Crippen LogP contribution in [-0.4, -0.2) is 19.1 Å². The second-order valence-electron chi connectivity index (χ2n) is 5.28. The highest BCUT2D eigenvalue weighted by atomic mass is 16.5. The van der Waals surface area contributed by atoms with Gasteiger partial charge in [-0.2, -0.15) is 0 Å². The smallest absolute Gasteiger partial charge is 0.340 e. The van der Waals surface area contributed by atoms with Crippen LogP contribution in [0.1, 0.15) is 24.2 Å². The fourth-order valence-corrected chi connectivity index (χ4v) is 2.48. The molecule has 21 heavy (non-hydrogen) atoms. The van der Waals surface area contributed by atoms with Crippen molar-refractivity contribution >= 4 is 33.6 Å². The van der Waals surface area contributed by atoms with Gasteiger partial charge in [0.25, 0.3) is 0 Å². The summed E-state index contributed by atoms with van der Waals surface area (Å²) in [6.07, 6.45) is 0. The third-order valence-electron chi connectivity index (χ3n) is 3.37. The number of benzene rings is 2. The van der Waals surface area contributed by atoms with E-state index in [0.717, 1.165) is 22.0 Å². The summed E-state index contributed by atoms with van der Waals surface area (Å²) in [6.45, 7) is 4.05. The fourth-order valence-electron chi connectivity index (χ4n) is 2.48. The number of rotatable bonds is 3. The van der Waals surface area contributed by atoms with Gasteiger partial charge in [0.2, 0.25) is 0 Å². The lowest BCUT2D eigenvalue weighted by Crippen LogP contribution is -2.14. The molecule has 1 N–H and O–H groups in total. The second-order valence-corrected chi connectivity index (χ2v) is 5.28. The first kappa shape index (κ1) is 13.5. The Morgan fingerprint density at radius 1 is 1.14 bits per heavy atom. The molecule has 0 fully saturated rings. The average Bonchev–Trinajstić information content (AvgIpc) is 2.83. The van der Waals surface area contributed by atoms with Gasteiger partial charge in [0.15, 0.2) is 0 Å². The molecule has 0 unspecified atom stereocenters. The summed E-state index contributed by atoms with van der Waals surface area (Å²) in [4.78, 5) is 12.0. The van der Waals surface area contributed by atoms with Crippen molar-refractivity contribution in [2.45, 2.75) is 19.9 Å². The van der Waals surface area contributed by atoms with Gasteiger partial charge in [0.05, 0.1) is 12.7 Å². The third-order valence-corrected chi connectivity index (χ3v) is 3.37. The summed E-state index contributed by atoms with van der Waals surface area (Å²) in [5.41, 5.74) is 2.74. The van der Waals surface area contributed by atoms with Crippen molar-refractivity contribution in [3.63, 3.8) is 0 Å². The molecule has 0 amide bonds. The highest BCUT2D eigenvalue weighted by molar-refractivity contribution is 6.09. The van der Waals surface area contributed by atoms with Gasteiger partial charge in [-0.3, -0.25) is 0 Å². The molecule has 0 radical (unpaired) electrons. The maximum absolute atomic E-state index is 12.0. The van der Waals surface area contributed by atoms with E-state index < -0.39 is 0 Å². The topological polar surface area (TPSA) is 51.5 Å². The van der Waals surface area contributed by atoms with E-state index in [4.69, 9.17) is 9.15 Å². The molecule has 3 rings (SSSR count). The highest BCUT2D eigenvalue weighted by Gasteiger charge is 2.17. The monoisotopic (exact) mass is 283 g/mol.